The molecule has 0 saturated carbocycles. The molecule has 0 radical (unpaired) electrons. The molecule has 7 nitrogen and oxygen atoms in total. The number of aromatic amines is 1. The number of amides is 1. The normalized spacial score (nSPS) is 10.4. The van der Waals surface area contributed by atoms with Crippen LogP contribution in [0.3, 0.4) is 0 Å². The number of nitrogens with zero attached hydrogens (tertiary/aromatic N) is 2. The van der Waals surface area contributed by atoms with Crippen LogP contribution in [0.5, 0.6) is 0 Å². The summed E-state index contributed by atoms with van der Waals surface area (Å²) in [6.07, 6.45) is 0. The van der Waals surface area contributed by atoms with Gasteiger partial charge in [-0.05, 0) is 19.9 Å². The largest absolute Gasteiger partial charge is 0.360 e. The van der Waals surface area contributed by atoms with E-state index in [1.54, 1.807) is 26.0 Å². The van der Waals surface area contributed by atoms with Gasteiger partial charge in [-0.3, -0.25) is 4.79 Å². The number of H-pyrrole nitrogens is 1. The maximum Gasteiger partial charge on any atom is 0.346 e. The Kier molecular flexibility index (Phi) is 4.00. The average molecular weight is 280 g/mol. The fraction of sp³-hybridized carbons (Fsp3) is 0.273. The topological polar surface area (TPSA) is 101 Å². The Balaban J connectivity index is 1.91. The molecule has 2 N–H and O–H groups in total. The van der Waals surface area contributed by atoms with E-state index in [0.717, 1.165) is 0 Å². The second-order valence-corrected chi connectivity index (χ2v) is 4.86. The summed E-state index contributed by atoms with van der Waals surface area (Å²) >= 11 is 1.18. The van der Waals surface area contributed by atoms with Crippen molar-refractivity contribution in [1.82, 2.24) is 15.1 Å². The van der Waals surface area contributed by atoms with Crippen molar-refractivity contribution in [3.8, 4) is 0 Å². The van der Waals surface area contributed by atoms with Crippen LogP contribution >= 0.6 is 11.8 Å². The van der Waals surface area contributed by atoms with E-state index in [0.29, 0.717) is 22.3 Å². The number of carbonyl (C=O) groups is 1. The van der Waals surface area contributed by atoms with Gasteiger partial charge in [0, 0.05) is 11.8 Å². The van der Waals surface area contributed by atoms with Gasteiger partial charge in [-0.1, -0.05) is 16.9 Å². The number of aromatic nitrogens is 3. The Labute approximate surface area is 112 Å². The van der Waals surface area contributed by atoms with E-state index >= 15 is 0 Å². The maximum atomic E-state index is 11.6. The Bertz CT molecular complexity index is 649. The lowest BCUT2D eigenvalue weighted by atomic mass is 10.5. The maximum absolute atomic E-state index is 11.6. The van der Waals surface area contributed by atoms with Gasteiger partial charge in [0.05, 0.1) is 5.75 Å². The molecule has 0 bridgehead atoms. The zero-order chi connectivity index (χ0) is 13.8. The molecule has 0 aliphatic rings. The van der Waals surface area contributed by atoms with E-state index in [1.165, 1.54) is 11.8 Å². The van der Waals surface area contributed by atoms with Crippen LogP contribution < -0.4 is 11.0 Å². The first-order valence-corrected chi connectivity index (χ1v) is 6.45. The summed E-state index contributed by atoms with van der Waals surface area (Å²) in [6, 6.07) is 3.33. The van der Waals surface area contributed by atoms with Gasteiger partial charge in [-0.25, -0.2) is 4.79 Å². The first kappa shape index (κ1) is 13.3. The highest BCUT2D eigenvalue weighted by Crippen LogP contribution is 2.14. The number of hydrogen-bond acceptors (Lipinski definition) is 6. The summed E-state index contributed by atoms with van der Waals surface area (Å²) in [6.45, 7) is 3.49. The molecular formula is C11H12N4O3S. The van der Waals surface area contributed by atoms with Crippen LogP contribution in [0.15, 0.2) is 26.5 Å². The first-order valence-electron chi connectivity index (χ1n) is 5.47. The van der Waals surface area contributed by atoms with Gasteiger partial charge < -0.3 is 14.8 Å². The predicted octanol–water partition coefficient (Wildman–Crippen LogP) is 1.11. The van der Waals surface area contributed by atoms with Crippen molar-refractivity contribution in [2.24, 2.45) is 0 Å². The Hall–Kier alpha value is -2.09. The molecule has 2 heterocycles. The second kappa shape index (κ2) is 5.70. The number of nitrogens with one attached hydrogen (secondary N) is 2. The van der Waals surface area contributed by atoms with Crippen LogP contribution in [0.2, 0.25) is 0 Å². The summed E-state index contributed by atoms with van der Waals surface area (Å²) in [5.74, 6) is 0.896. The smallest absolute Gasteiger partial charge is 0.346 e. The fourth-order valence-electron chi connectivity index (χ4n) is 1.37. The van der Waals surface area contributed by atoms with Crippen LogP contribution in [-0.2, 0) is 4.79 Å². The fourth-order valence-corrected chi connectivity index (χ4v) is 2.13. The Morgan fingerprint density at radius 2 is 2.26 bits per heavy atom. The van der Waals surface area contributed by atoms with E-state index in [9.17, 15) is 9.59 Å². The predicted molar refractivity (Wildman–Crippen MR) is 70.2 cm³/mol. The Morgan fingerprint density at radius 1 is 1.47 bits per heavy atom. The third kappa shape index (κ3) is 3.95. The van der Waals surface area contributed by atoms with E-state index < -0.39 is 5.69 Å². The van der Waals surface area contributed by atoms with E-state index in [2.05, 4.69) is 20.4 Å². The standard InChI is InChI=1S/C11H12N4O3S/c1-6-3-10(14-11(17)12-6)19-5-9(16)13-8-4-7(2)18-15-8/h3-4H,5H2,1-2H3,(H,12,14,17)(H,13,15,16). The molecule has 0 atom stereocenters. The van der Waals surface area contributed by atoms with E-state index in [1.807, 2.05) is 0 Å². The summed E-state index contributed by atoms with van der Waals surface area (Å²) in [7, 11) is 0. The zero-order valence-corrected chi connectivity index (χ0v) is 11.2. The quantitative estimate of drug-likeness (QED) is 0.642. The zero-order valence-electron chi connectivity index (χ0n) is 10.4. The number of thioether (sulfide) groups is 1. The number of anilines is 1. The molecule has 1 amide bonds. The molecule has 19 heavy (non-hydrogen) atoms. The molecule has 8 heteroatoms. The molecule has 0 unspecified atom stereocenters. The molecule has 2 aromatic heterocycles. The van der Waals surface area contributed by atoms with Crippen molar-refractivity contribution >= 4 is 23.5 Å². The van der Waals surface area contributed by atoms with Crippen LogP contribution in [0.25, 0.3) is 0 Å². The van der Waals surface area contributed by atoms with Gasteiger partial charge in [0.25, 0.3) is 0 Å². The highest BCUT2D eigenvalue weighted by molar-refractivity contribution is 7.99. The minimum absolute atomic E-state index is 0.141. The average Bonchev–Trinajstić information content (AvgIpc) is 2.71. The molecular weight excluding hydrogens is 268 g/mol. The molecule has 0 saturated heterocycles. The minimum atomic E-state index is -0.421. The summed E-state index contributed by atoms with van der Waals surface area (Å²) in [5.41, 5.74) is 0.282. The van der Waals surface area contributed by atoms with E-state index in [4.69, 9.17) is 4.52 Å². The lowest BCUT2D eigenvalue weighted by Crippen LogP contribution is -2.16. The van der Waals surface area contributed by atoms with Gasteiger partial charge in [0.2, 0.25) is 5.91 Å². The molecule has 2 aromatic rings. The SMILES string of the molecule is Cc1cc(SCC(=O)Nc2cc(C)on2)nc(=O)[nH]1. The Morgan fingerprint density at radius 3 is 2.89 bits per heavy atom. The molecule has 0 fully saturated rings. The second-order valence-electron chi connectivity index (χ2n) is 3.87. The molecule has 100 valence electrons. The van der Waals surface area contributed by atoms with Gasteiger partial charge in [-0.15, -0.1) is 0 Å². The van der Waals surface area contributed by atoms with Gasteiger partial charge in [0.15, 0.2) is 5.82 Å². The molecule has 0 spiro atoms. The number of hydrogen-bond donors (Lipinski definition) is 2. The van der Waals surface area contributed by atoms with Crippen molar-refractivity contribution < 1.29 is 9.32 Å². The molecule has 2 rings (SSSR count). The monoisotopic (exact) mass is 280 g/mol. The molecule has 0 aliphatic carbocycles. The minimum Gasteiger partial charge on any atom is -0.360 e. The van der Waals surface area contributed by atoms with Crippen LogP contribution in [-0.4, -0.2) is 26.8 Å². The summed E-state index contributed by atoms with van der Waals surface area (Å²) < 4.78 is 4.83. The third-order valence-electron chi connectivity index (χ3n) is 2.10. The van der Waals surface area contributed by atoms with Crippen LogP contribution in [0, 0.1) is 13.8 Å². The van der Waals surface area contributed by atoms with Crippen LogP contribution in [0.4, 0.5) is 5.82 Å². The number of aryl methyl sites for hydroxylation is 2. The van der Waals surface area contributed by atoms with Gasteiger partial charge in [0.1, 0.15) is 10.8 Å². The van der Waals surface area contributed by atoms with Gasteiger partial charge >= 0.3 is 5.69 Å². The highest BCUT2D eigenvalue weighted by Gasteiger charge is 2.08. The van der Waals surface area contributed by atoms with Crippen molar-refractivity contribution in [3.05, 3.63) is 34.1 Å². The van der Waals surface area contributed by atoms with Crippen LogP contribution in [0.1, 0.15) is 11.5 Å². The number of rotatable bonds is 4. The van der Waals surface area contributed by atoms with Crippen molar-refractivity contribution in [2.75, 3.05) is 11.1 Å². The summed E-state index contributed by atoms with van der Waals surface area (Å²) in [5, 5.41) is 6.74. The first-order chi connectivity index (χ1) is 9.02. The van der Waals surface area contributed by atoms with Crippen molar-refractivity contribution in [2.45, 2.75) is 18.9 Å². The molecule has 0 aromatic carbocycles. The van der Waals surface area contributed by atoms with Crippen molar-refractivity contribution in [1.29, 1.82) is 0 Å². The third-order valence-corrected chi connectivity index (χ3v) is 3.01. The highest BCUT2D eigenvalue weighted by atomic mass is 32.2. The van der Waals surface area contributed by atoms with Gasteiger partial charge in [-0.2, -0.15) is 4.98 Å². The lowest BCUT2D eigenvalue weighted by Gasteiger charge is -2.01. The number of carbonyl (C=O) groups excluding carboxylic acids is 1. The lowest BCUT2D eigenvalue weighted by molar-refractivity contribution is -0.113. The van der Waals surface area contributed by atoms with E-state index in [-0.39, 0.29) is 11.7 Å². The van der Waals surface area contributed by atoms with Crippen molar-refractivity contribution in [3.63, 3.8) is 0 Å². The molecule has 0 aliphatic heterocycles. The summed E-state index contributed by atoms with van der Waals surface area (Å²) in [4.78, 5) is 29.1.